The molecule has 0 aliphatic heterocycles. The first-order valence-corrected chi connectivity index (χ1v) is 18.1. The lowest BCUT2D eigenvalue weighted by atomic mass is 10.0. The van der Waals surface area contributed by atoms with Gasteiger partial charge in [-0.15, -0.1) is 0 Å². The van der Waals surface area contributed by atoms with Gasteiger partial charge in [-0.3, -0.25) is 13.9 Å². The van der Waals surface area contributed by atoms with E-state index in [0.717, 1.165) is 29.7 Å². The highest BCUT2D eigenvalue weighted by atomic mass is 79.9. The predicted molar refractivity (Wildman–Crippen MR) is 189 cm³/mol. The van der Waals surface area contributed by atoms with Crippen molar-refractivity contribution in [1.82, 2.24) is 10.2 Å². The largest absolute Gasteiger partial charge is 0.417 e. The number of rotatable bonds is 14. The average Bonchev–Trinajstić information content (AvgIpc) is 3.05. The number of nitrogens with zero attached hydrogens (tertiary/aromatic N) is 2. The topological polar surface area (TPSA) is 86.8 Å². The first-order chi connectivity index (χ1) is 23.2. The van der Waals surface area contributed by atoms with Crippen molar-refractivity contribution in [2.45, 2.75) is 56.8 Å². The minimum Gasteiger partial charge on any atom is -0.354 e. The fraction of sp³-hybridized carbons (Fsp3) is 0.278. The number of halogens is 5. The monoisotopic (exact) mass is 777 g/mol. The molecule has 1 N–H and O–H groups in total. The van der Waals surface area contributed by atoms with Gasteiger partial charge in [0.1, 0.15) is 12.6 Å². The normalized spacial score (nSPS) is 12.3. The minimum atomic E-state index is -4.90. The number of sulfonamides is 1. The van der Waals surface area contributed by atoms with Gasteiger partial charge in [-0.05, 0) is 66.9 Å². The molecule has 0 aromatic heterocycles. The van der Waals surface area contributed by atoms with Crippen molar-refractivity contribution in [2.75, 3.05) is 17.4 Å². The average molecular weight is 779 g/mol. The highest BCUT2D eigenvalue weighted by molar-refractivity contribution is 9.10. The minimum absolute atomic E-state index is 0.0934. The number of carbonyl (C=O) groups is 2. The van der Waals surface area contributed by atoms with Gasteiger partial charge in [-0.2, -0.15) is 13.2 Å². The summed E-state index contributed by atoms with van der Waals surface area (Å²) in [6, 6.07) is 23.5. The van der Waals surface area contributed by atoms with Crippen LogP contribution in [-0.2, 0) is 38.8 Å². The van der Waals surface area contributed by atoms with E-state index >= 15 is 0 Å². The number of aryl methyl sites for hydroxylation is 1. The van der Waals surface area contributed by atoms with Crippen molar-refractivity contribution < 1.29 is 31.2 Å². The van der Waals surface area contributed by atoms with Gasteiger partial charge in [0.05, 0.1) is 21.2 Å². The molecule has 4 aromatic rings. The van der Waals surface area contributed by atoms with Crippen molar-refractivity contribution >= 4 is 55.1 Å². The smallest absolute Gasteiger partial charge is 0.354 e. The van der Waals surface area contributed by atoms with Crippen LogP contribution in [0.15, 0.2) is 106 Å². The number of carbonyl (C=O) groups excluding carboxylic acids is 2. The fourth-order valence-corrected chi connectivity index (χ4v) is 7.22. The Hall–Kier alpha value is -3.87. The summed E-state index contributed by atoms with van der Waals surface area (Å²) in [6.45, 7) is 3.09. The predicted octanol–water partition coefficient (Wildman–Crippen LogP) is 8.18. The number of alkyl halides is 3. The Labute approximate surface area is 298 Å². The molecule has 0 unspecified atom stereocenters. The Balaban J connectivity index is 1.85. The molecular weight excluding hydrogens is 743 g/mol. The Bertz CT molecular complexity index is 1860. The van der Waals surface area contributed by atoms with Crippen LogP contribution < -0.4 is 9.62 Å². The van der Waals surface area contributed by atoms with E-state index in [1.165, 1.54) is 17.0 Å². The van der Waals surface area contributed by atoms with Crippen molar-refractivity contribution in [3.63, 3.8) is 0 Å². The number of anilines is 1. The number of hydrogen-bond acceptors (Lipinski definition) is 4. The summed E-state index contributed by atoms with van der Waals surface area (Å²) in [5.41, 5.74) is 0.472. The molecule has 0 bridgehead atoms. The molecule has 0 aliphatic rings. The third-order valence-corrected chi connectivity index (χ3v) is 10.4. The van der Waals surface area contributed by atoms with Crippen LogP contribution in [0.5, 0.6) is 0 Å². The molecule has 4 aromatic carbocycles. The van der Waals surface area contributed by atoms with Crippen LogP contribution >= 0.6 is 27.5 Å². The first-order valence-electron chi connectivity index (χ1n) is 15.5. The molecule has 49 heavy (non-hydrogen) atoms. The number of benzene rings is 4. The lowest BCUT2D eigenvalue weighted by molar-refractivity contribution is -0.140. The summed E-state index contributed by atoms with van der Waals surface area (Å²) in [5, 5.41) is 2.27. The number of nitrogens with one attached hydrogen (secondary N) is 1. The van der Waals surface area contributed by atoms with Crippen molar-refractivity contribution in [1.29, 1.82) is 0 Å². The molecule has 13 heteroatoms. The van der Waals surface area contributed by atoms with Crippen LogP contribution in [0.2, 0.25) is 5.02 Å². The maximum atomic E-state index is 14.5. The zero-order chi connectivity index (χ0) is 35.8. The Morgan fingerprint density at radius 1 is 0.918 bits per heavy atom. The molecule has 260 valence electrons. The van der Waals surface area contributed by atoms with Crippen LogP contribution in [0.4, 0.5) is 18.9 Å². The van der Waals surface area contributed by atoms with E-state index in [1.54, 1.807) is 55.5 Å². The van der Waals surface area contributed by atoms with E-state index in [-0.39, 0.29) is 17.9 Å². The Morgan fingerprint density at radius 2 is 1.59 bits per heavy atom. The second-order valence-corrected chi connectivity index (χ2v) is 14.7. The molecule has 4 rings (SSSR count). The summed E-state index contributed by atoms with van der Waals surface area (Å²) in [6.07, 6.45) is -3.29. The number of unbranched alkanes of at least 4 members (excludes halogenated alkanes) is 1. The molecule has 0 aliphatic carbocycles. The van der Waals surface area contributed by atoms with Gasteiger partial charge in [0.2, 0.25) is 11.8 Å². The van der Waals surface area contributed by atoms with Crippen molar-refractivity contribution in [3.05, 3.63) is 129 Å². The van der Waals surface area contributed by atoms with Gasteiger partial charge in [0.25, 0.3) is 10.0 Å². The molecule has 0 saturated heterocycles. The standard InChI is InChI=1S/C36H36BrClF3N3O4S/c1-3-4-19-42-35(46)33(21-26-9-6-5-7-10-26)43(23-27-11-8-12-28(37)20-27)34(45)24-44(49(47,48)30-16-13-25(2)14-17-30)29-15-18-32(38)31(22-29)36(39,40)41/h5-18,20,22,33H,3-4,19,21,23-24H2,1-2H3,(H,42,46)/t33-/m0/s1. The molecule has 0 radical (unpaired) electrons. The van der Waals surface area contributed by atoms with E-state index in [9.17, 15) is 31.2 Å². The van der Waals surface area contributed by atoms with Gasteiger partial charge < -0.3 is 10.2 Å². The lowest BCUT2D eigenvalue weighted by Gasteiger charge is -2.34. The van der Waals surface area contributed by atoms with Crippen LogP contribution in [0.25, 0.3) is 0 Å². The van der Waals surface area contributed by atoms with Gasteiger partial charge >= 0.3 is 6.18 Å². The molecule has 0 spiro atoms. The van der Waals surface area contributed by atoms with Gasteiger partial charge in [0, 0.05) is 24.0 Å². The van der Waals surface area contributed by atoms with E-state index < -0.39 is 56.9 Å². The van der Waals surface area contributed by atoms with E-state index in [0.29, 0.717) is 33.4 Å². The van der Waals surface area contributed by atoms with E-state index in [2.05, 4.69) is 21.2 Å². The Morgan fingerprint density at radius 3 is 2.22 bits per heavy atom. The quantitative estimate of drug-likeness (QED) is 0.131. The number of amides is 2. The van der Waals surface area contributed by atoms with Crippen LogP contribution in [0.1, 0.15) is 42.0 Å². The number of hydrogen-bond donors (Lipinski definition) is 1. The first kappa shape index (κ1) is 37.9. The summed E-state index contributed by atoms with van der Waals surface area (Å²) in [7, 11) is -4.61. The highest BCUT2D eigenvalue weighted by Crippen LogP contribution is 2.38. The third-order valence-electron chi connectivity index (χ3n) is 7.77. The van der Waals surface area contributed by atoms with Gasteiger partial charge in [-0.25, -0.2) is 8.42 Å². The summed E-state index contributed by atoms with van der Waals surface area (Å²) in [4.78, 5) is 29.4. The van der Waals surface area contributed by atoms with E-state index in [4.69, 9.17) is 11.6 Å². The van der Waals surface area contributed by atoms with E-state index in [1.807, 2.05) is 25.1 Å². The molecule has 1 atom stereocenters. The highest BCUT2D eigenvalue weighted by Gasteiger charge is 2.37. The summed E-state index contributed by atoms with van der Waals surface area (Å²) >= 11 is 9.32. The maximum Gasteiger partial charge on any atom is 0.417 e. The van der Waals surface area contributed by atoms with Crippen LogP contribution in [0.3, 0.4) is 0 Å². The molecule has 0 fully saturated rings. The molecule has 0 heterocycles. The summed E-state index contributed by atoms with van der Waals surface area (Å²) in [5.74, 6) is -1.25. The van der Waals surface area contributed by atoms with Crippen molar-refractivity contribution in [3.8, 4) is 0 Å². The fourth-order valence-electron chi connectivity index (χ4n) is 5.14. The second-order valence-electron chi connectivity index (χ2n) is 11.5. The second kappa shape index (κ2) is 16.7. The zero-order valence-electron chi connectivity index (χ0n) is 26.9. The maximum absolute atomic E-state index is 14.5. The van der Waals surface area contributed by atoms with Gasteiger partial charge in [-0.1, -0.05) is 101 Å². The van der Waals surface area contributed by atoms with Crippen LogP contribution in [0, 0.1) is 6.92 Å². The summed E-state index contributed by atoms with van der Waals surface area (Å²) < 4.78 is 71.6. The molecular formula is C36H36BrClF3N3O4S. The van der Waals surface area contributed by atoms with Gasteiger partial charge in [0.15, 0.2) is 0 Å². The Kier molecular flexibility index (Phi) is 12.9. The third kappa shape index (κ3) is 10.1. The SMILES string of the molecule is CCCCNC(=O)[C@H](Cc1ccccc1)N(Cc1cccc(Br)c1)C(=O)CN(c1ccc(Cl)c(C(F)(F)F)c1)S(=O)(=O)c1ccc(C)cc1. The zero-order valence-corrected chi connectivity index (χ0v) is 30.0. The molecule has 0 saturated carbocycles. The molecule has 2 amide bonds. The lowest BCUT2D eigenvalue weighted by Crippen LogP contribution is -2.53. The van der Waals surface area contributed by atoms with Crippen LogP contribution in [-0.4, -0.2) is 44.3 Å². The van der Waals surface area contributed by atoms with Crippen molar-refractivity contribution in [2.24, 2.45) is 0 Å². The molecule has 7 nitrogen and oxygen atoms in total.